The summed E-state index contributed by atoms with van der Waals surface area (Å²) >= 11 is 1.41. The van der Waals surface area contributed by atoms with Gasteiger partial charge < -0.3 is 18.9 Å². The molecule has 0 unspecified atom stereocenters. The number of morpholine rings is 1. The fourth-order valence-electron chi connectivity index (χ4n) is 2.86. The number of benzene rings is 1. The Morgan fingerprint density at radius 1 is 1.42 bits per heavy atom. The second-order valence-electron chi connectivity index (χ2n) is 6.13. The Balaban J connectivity index is 1.64. The Kier molecular flexibility index (Phi) is 6.16. The van der Waals surface area contributed by atoms with Gasteiger partial charge in [0.05, 0.1) is 25.6 Å². The van der Waals surface area contributed by atoms with Crippen molar-refractivity contribution >= 4 is 17.7 Å². The molecule has 0 aliphatic carbocycles. The topological polar surface area (TPSA) is 69.5 Å². The molecule has 0 spiro atoms. The Bertz CT molecular complexity index is 765. The van der Waals surface area contributed by atoms with Crippen molar-refractivity contribution in [2.75, 3.05) is 32.6 Å². The lowest BCUT2D eigenvalue weighted by molar-refractivity contribution is -0.135. The van der Waals surface area contributed by atoms with Crippen LogP contribution in [0.2, 0.25) is 0 Å². The van der Waals surface area contributed by atoms with Crippen molar-refractivity contribution in [1.82, 2.24) is 19.7 Å². The first kappa shape index (κ1) is 18.7. The molecular weight excluding hydrogens is 352 g/mol. The Labute approximate surface area is 157 Å². The molecule has 140 valence electrons. The van der Waals surface area contributed by atoms with Gasteiger partial charge in [0.25, 0.3) is 0 Å². The second-order valence-corrected chi connectivity index (χ2v) is 7.07. The number of hydrogen-bond acceptors (Lipinski definition) is 6. The maximum absolute atomic E-state index is 12.5. The summed E-state index contributed by atoms with van der Waals surface area (Å²) in [6.07, 6.45) is 1.07. The number of methoxy groups -OCH3 is 1. The molecule has 0 bridgehead atoms. The summed E-state index contributed by atoms with van der Waals surface area (Å²) < 4.78 is 12.8. The van der Waals surface area contributed by atoms with Gasteiger partial charge >= 0.3 is 0 Å². The first-order valence-corrected chi connectivity index (χ1v) is 9.67. The van der Waals surface area contributed by atoms with Crippen LogP contribution in [0.25, 0.3) is 11.4 Å². The lowest BCUT2D eigenvalue weighted by Crippen LogP contribution is -2.46. The van der Waals surface area contributed by atoms with Crippen LogP contribution in [0.1, 0.15) is 13.3 Å². The Hall–Kier alpha value is -2.06. The number of amides is 1. The van der Waals surface area contributed by atoms with Crippen LogP contribution >= 0.6 is 11.8 Å². The smallest absolute Gasteiger partial charge is 0.233 e. The van der Waals surface area contributed by atoms with E-state index >= 15 is 0 Å². The van der Waals surface area contributed by atoms with Crippen LogP contribution in [0.15, 0.2) is 29.4 Å². The number of thioether (sulfide) groups is 1. The summed E-state index contributed by atoms with van der Waals surface area (Å²) in [5, 5.41) is 9.22. The minimum absolute atomic E-state index is 0.114. The van der Waals surface area contributed by atoms with Gasteiger partial charge in [-0.2, -0.15) is 0 Å². The average molecular weight is 376 g/mol. The molecular formula is C18H24N4O3S. The number of aromatic nitrogens is 3. The van der Waals surface area contributed by atoms with Gasteiger partial charge in [0.15, 0.2) is 11.0 Å². The number of ether oxygens (including phenoxy) is 2. The van der Waals surface area contributed by atoms with E-state index in [0.29, 0.717) is 25.4 Å². The summed E-state index contributed by atoms with van der Waals surface area (Å²) in [4.78, 5) is 14.4. The molecule has 1 aromatic carbocycles. The van der Waals surface area contributed by atoms with Crippen LogP contribution in [-0.2, 0) is 16.6 Å². The lowest BCUT2D eigenvalue weighted by atomic mass is 10.2. The van der Waals surface area contributed by atoms with E-state index in [2.05, 4.69) is 17.1 Å². The maximum atomic E-state index is 12.5. The second kappa shape index (κ2) is 8.55. The van der Waals surface area contributed by atoms with E-state index in [0.717, 1.165) is 28.7 Å². The zero-order valence-corrected chi connectivity index (χ0v) is 16.2. The van der Waals surface area contributed by atoms with Crippen LogP contribution in [0, 0.1) is 0 Å². The van der Waals surface area contributed by atoms with E-state index in [4.69, 9.17) is 9.47 Å². The maximum Gasteiger partial charge on any atom is 0.233 e. The van der Waals surface area contributed by atoms with E-state index in [1.165, 1.54) is 11.8 Å². The van der Waals surface area contributed by atoms with Crippen LogP contribution in [-0.4, -0.2) is 64.2 Å². The molecule has 0 N–H and O–H groups in total. The van der Waals surface area contributed by atoms with E-state index in [1.54, 1.807) is 7.11 Å². The van der Waals surface area contributed by atoms with Crippen molar-refractivity contribution < 1.29 is 14.3 Å². The molecule has 2 heterocycles. The van der Waals surface area contributed by atoms with Gasteiger partial charge in [0.1, 0.15) is 5.75 Å². The van der Waals surface area contributed by atoms with E-state index in [9.17, 15) is 4.79 Å². The molecule has 8 heteroatoms. The van der Waals surface area contributed by atoms with Crippen molar-refractivity contribution in [1.29, 1.82) is 0 Å². The van der Waals surface area contributed by atoms with Crippen LogP contribution in [0.5, 0.6) is 5.75 Å². The summed E-state index contributed by atoms with van der Waals surface area (Å²) in [5.74, 6) is 1.98. The predicted octanol–water partition coefficient (Wildman–Crippen LogP) is 2.22. The summed E-state index contributed by atoms with van der Waals surface area (Å²) in [5.41, 5.74) is 0.927. The molecule has 1 amide bonds. The van der Waals surface area contributed by atoms with Gasteiger partial charge in [0.2, 0.25) is 5.91 Å². The third-order valence-corrected chi connectivity index (χ3v) is 5.44. The Morgan fingerprint density at radius 3 is 3.04 bits per heavy atom. The number of nitrogens with zero attached hydrogens (tertiary/aromatic N) is 4. The van der Waals surface area contributed by atoms with Gasteiger partial charge in [-0.3, -0.25) is 4.79 Å². The molecule has 7 nitrogen and oxygen atoms in total. The molecule has 26 heavy (non-hydrogen) atoms. The number of carbonyl (C=O) groups is 1. The van der Waals surface area contributed by atoms with Gasteiger partial charge in [-0.1, -0.05) is 30.8 Å². The Morgan fingerprint density at radius 2 is 2.27 bits per heavy atom. The molecule has 1 saturated heterocycles. The van der Waals surface area contributed by atoms with Crippen molar-refractivity contribution in [3.8, 4) is 17.1 Å². The normalized spacial score (nSPS) is 17.3. The van der Waals surface area contributed by atoms with Crippen molar-refractivity contribution in [2.24, 2.45) is 7.05 Å². The summed E-state index contributed by atoms with van der Waals surface area (Å²) in [7, 11) is 3.54. The molecule has 1 aromatic heterocycles. The highest BCUT2D eigenvalue weighted by molar-refractivity contribution is 7.99. The van der Waals surface area contributed by atoms with Crippen LogP contribution in [0.3, 0.4) is 0 Å². The molecule has 0 radical (unpaired) electrons. The van der Waals surface area contributed by atoms with E-state index in [-0.39, 0.29) is 12.0 Å². The minimum Gasteiger partial charge on any atom is -0.497 e. The average Bonchev–Trinajstić information content (AvgIpc) is 3.06. The standard InChI is InChI=1S/C18H24N4O3S/c1-4-14-11-22(8-9-25-14)16(23)12-26-18-20-19-17(21(18)2)13-6-5-7-15(10-13)24-3/h5-7,10,14H,4,8-9,11-12H2,1-3H3/t14-/m1/s1. The van der Waals surface area contributed by atoms with E-state index in [1.807, 2.05) is 40.8 Å². The number of carbonyl (C=O) groups excluding carboxylic acids is 1. The van der Waals surface area contributed by atoms with Gasteiger partial charge in [-0.15, -0.1) is 10.2 Å². The number of rotatable bonds is 6. The molecule has 3 rings (SSSR count). The molecule has 1 aliphatic rings. The summed E-state index contributed by atoms with van der Waals surface area (Å²) in [6, 6.07) is 7.69. The van der Waals surface area contributed by atoms with E-state index < -0.39 is 0 Å². The highest BCUT2D eigenvalue weighted by atomic mass is 32.2. The molecule has 1 aliphatic heterocycles. The molecule has 1 fully saturated rings. The monoisotopic (exact) mass is 376 g/mol. The summed E-state index contributed by atoms with van der Waals surface area (Å²) in [6.45, 7) is 4.01. The molecule has 0 saturated carbocycles. The van der Waals surface area contributed by atoms with Gasteiger partial charge in [-0.05, 0) is 18.6 Å². The number of hydrogen-bond donors (Lipinski definition) is 0. The highest BCUT2D eigenvalue weighted by Gasteiger charge is 2.23. The molecule has 2 aromatic rings. The third-order valence-electron chi connectivity index (χ3n) is 4.43. The fraction of sp³-hybridized carbons (Fsp3) is 0.500. The molecule has 1 atom stereocenters. The lowest BCUT2D eigenvalue weighted by Gasteiger charge is -2.32. The zero-order valence-electron chi connectivity index (χ0n) is 15.3. The van der Waals surface area contributed by atoms with Gasteiger partial charge in [0, 0.05) is 25.7 Å². The van der Waals surface area contributed by atoms with Crippen LogP contribution in [0.4, 0.5) is 0 Å². The predicted molar refractivity (Wildman–Crippen MR) is 100 cm³/mol. The largest absolute Gasteiger partial charge is 0.497 e. The fourth-order valence-corrected chi connectivity index (χ4v) is 3.68. The van der Waals surface area contributed by atoms with Gasteiger partial charge in [-0.25, -0.2) is 0 Å². The van der Waals surface area contributed by atoms with Crippen LogP contribution < -0.4 is 4.74 Å². The quantitative estimate of drug-likeness (QED) is 0.720. The van der Waals surface area contributed by atoms with Crippen molar-refractivity contribution in [2.45, 2.75) is 24.6 Å². The van der Waals surface area contributed by atoms with Crippen molar-refractivity contribution in [3.05, 3.63) is 24.3 Å². The highest BCUT2D eigenvalue weighted by Crippen LogP contribution is 2.25. The first-order valence-electron chi connectivity index (χ1n) is 8.68. The third kappa shape index (κ3) is 4.19. The minimum atomic E-state index is 0.114. The SMILES string of the molecule is CC[C@@H]1CN(C(=O)CSc2nnc(-c3cccc(OC)c3)n2C)CCO1. The zero-order chi connectivity index (χ0) is 18.5. The van der Waals surface area contributed by atoms with Crippen molar-refractivity contribution in [3.63, 3.8) is 0 Å². The first-order chi connectivity index (χ1) is 12.6.